The summed E-state index contributed by atoms with van der Waals surface area (Å²) in [5.41, 5.74) is 13.3. The van der Waals surface area contributed by atoms with Gasteiger partial charge in [0, 0.05) is 11.1 Å². The Bertz CT molecular complexity index is 1020. The van der Waals surface area contributed by atoms with Gasteiger partial charge in [0.05, 0.1) is 11.4 Å². The molecule has 4 aromatic rings. The largest absolute Gasteiger partial charge is 0.368 e. The van der Waals surface area contributed by atoms with Crippen LogP contribution in [0.4, 0.5) is 5.95 Å². The lowest BCUT2D eigenvalue weighted by Crippen LogP contribution is -1.98. The van der Waals surface area contributed by atoms with Crippen LogP contribution in [0, 0.1) is 6.92 Å². The smallest absolute Gasteiger partial charge is 0.221 e. The zero-order valence-electron chi connectivity index (χ0n) is 14.6. The van der Waals surface area contributed by atoms with Crippen LogP contribution in [0.3, 0.4) is 0 Å². The van der Waals surface area contributed by atoms with Crippen molar-refractivity contribution >= 4 is 5.95 Å². The number of aryl methyl sites for hydroxylation is 1. The van der Waals surface area contributed by atoms with Gasteiger partial charge in [-0.1, -0.05) is 84.4 Å². The van der Waals surface area contributed by atoms with Crippen LogP contribution in [-0.4, -0.2) is 9.97 Å². The van der Waals surface area contributed by atoms with Crippen LogP contribution in [0.25, 0.3) is 33.6 Å². The summed E-state index contributed by atoms with van der Waals surface area (Å²) in [7, 11) is 0. The minimum absolute atomic E-state index is 0.283. The molecule has 0 aliphatic heterocycles. The summed E-state index contributed by atoms with van der Waals surface area (Å²) in [6.45, 7) is 2.07. The van der Waals surface area contributed by atoms with Crippen molar-refractivity contribution in [1.82, 2.24) is 9.97 Å². The number of anilines is 1. The SMILES string of the molecule is Cc1ccc(-c2cc(-c3ccc(-c4ccccc4)cc3)nc(N)n2)cc1. The minimum atomic E-state index is 0.283. The van der Waals surface area contributed by atoms with Gasteiger partial charge in [-0.25, -0.2) is 9.97 Å². The van der Waals surface area contributed by atoms with Crippen LogP contribution in [0.1, 0.15) is 5.56 Å². The summed E-state index contributed by atoms with van der Waals surface area (Å²) in [6, 6.07) is 28.9. The molecule has 2 N–H and O–H groups in total. The van der Waals surface area contributed by atoms with E-state index in [9.17, 15) is 0 Å². The predicted octanol–water partition coefficient (Wildman–Crippen LogP) is 5.37. The van der Waals surface area contributed by atoms with Crippen LogP contribution in [0.2, 0.25) is 0 Å². The molecule has 3 aromatic carbocycles. The Balaban J connectivity index is 1.70. The second-order valence-electron chi connectivity index (χ2n) is 6.31. The van der Waals surface area contributed by atoms with Gasteiger partial charge >= 0.3 is 0 Å². The Morgan fingerprint density at radius 3 is 1.62 bits per heavy atom. The fourth-order valence-corrected chi connectivity index (χ4v) is 2.95. The van der Waals surface area contributed by atoms with Crippen molar-refractivity contribution in [1.29, 1.82) is 0 Å². The molecule has 4 rings (SSSR count). The van der Waals surface area contributed by atoms with E-state index in [4.69, 9.17) is 5.73 Å². The van der Waals surface area contributed by atoms with Crippen molar-refractivity contribution in [3.05, 3.63) is 90.5 Å². The zero-order chi connectivity index (χ0) is 17.9. The van der Waals surface area contributed by atoms with Crippen molar-refractivity contribution in [3.63, 3.8) is 0 Å². The molecule has 26 heavy (non-hydrogen) atoms. The number of hydrogen-bond acceptors (Lipinski definition) is 3. The summed E-state index contributed by atoms with van der Waals surface area (Å²) in [4.78, 5) is 8.81. The van der Waals surface area contributed by atoms with Gasteiger partial charge in [0.15, 0.2) is 0 Å². The monoisotopic (exact) mass is 337 g/mol. The van der Waals surface area contributed by atoms with Gasteiger partial charge in [-0.3, -0.25) is 0 Å². The highest BCUT2D eigenvalue weighted by Gasteiger charge is 2.07. The molecule has 126 valence electrons. The van der Waals surface area contributed by atoms with Crippen molar-refractivity contribution in [3.8, 4) is 33.6 Å². The highest BCUT2D eigenvalue weighted by atomic mass is 15.0. The Labute approximate surface area is 153 Å². The summed E-state index contributed by atoms with van der Waals surface area (Å²) >= 11 is 0. The van der Waals surface area contributed by atoms with Gasteiger partial charge < -0.3 is 5.73 Å². The first-order valence-electron chi connectivity index (χ1n) is 8.56. The van der Waals surface area contributed by atoms with Crippen LogP contribution < -0.4 is 5.73 Å². The first-order valence-corrected chi connectivity index (χ1v) is 8.56. The van der Waals surface area contributed by atoms with Crippen molar-refractivity contribution in [2.24, 2.45) is 0 Å². The van der Waals surface area contributed by atoms with E-state index in [1.54, 1.807) is 0 Å². The molecule has 0 aliphatic carbocycles. The van der Waals surface area contributed by atoms with Crippen molar-refractivity contribution in [2.75, 3.05) is 5.73 Å². The third-order valence-corrected chi connectivity index (χ3v) is 4.38. The summed E-state index contributed by atoms with van der Waals surface area (Å²) in [6.07, 6.45) is 0. The molecule has 0 radical (unpaired) electrons. The van der Waals surface area contributed by atoms with E-state index in [2.05, 4.69) is 77.6 Å². The molecule has 0 atom stereocenters. The topological polar surface area (TPSA) is 51.8 Å². The molecule has 1 heterocycles. The second kappa shape index (κ2) is 6.81. The minimum Gasteiger partial charge on any atom is -0.368 e. The lowest BCUT2D eigenvalue weighted by Gasteiger charge is -2.08. The molecular weight excluding hydrogens is 318 g/mol. The molecule has 0 unspecified atom stereocenters. The summed E-state index contributed by atoms with van der Waals surface area (Å²) < 4.78 is 0. The maximum atomic E-state index is 5.96. The molecule has 3 nitrogen and oxygen atoms in total. The lowest BCUT2D eigenvalue weighted by atomic mass is 10.0. The first-order chi connectivity index (χ1) is 12.7. The number of nitrogens with zero attached hydrogens (tertiary/aromatic N) is 2. The van der Waals surface area contributed by atoms with E-state index in [1.165, 1.54) is 16.7 Å². The lowest BCUT2D eigenvalue weighted by molar-refractivity contribution is 1.19. The van der Waals surface area contributed by atoms with E-state index in [-0.39, 0.29) is 5.95 Å². The van der Waals surface area contributed by atoms with Crippen LogP contribution >= 0.6 is 0 Å². The van der Waals surface area contributed by atoms with Gasteiger partial charge in [-0.2, -0.15) is 0 Å². The number of benzene rings is 3. The van der Waals surface area contributed by atoms with E-state index < -0.39 is 0 Å². The highest BCUT2D eigenvalue weighted by molar-refractivity contribution is 5.72. The Kier molecular flexibility index (Phi) is 4.20. The standard InChI is InChI=1S/C23H19N3/c1-16-7-9-19(10-8-16)21-15-22(26-23(24)25-21)20-13-11-18(12-14-20)17-5-3-2-4-6-17/h2-15H,1H3,(H2,24,25,26). The third kappa shape index (κ3) is 3.33. The highest BCUT2D eigenvalue weighted by Crippen LogP contribution is 2.27. The number of aromatic nitrogens is 2. The third-order valence-electron chi connectivity index (χ3n) is 4.38. The van der Waals surface area contributed by atoms with E-state index in [0.29, 0.717) is 0 Å². The molecule has 0 saturated heterocycles. The maximum absolute atomic E-state index is 5.96. The van der Waals surface area contributed by atoms with Crippen molar-refractivity contribution in [2.45, 2.75) is 6.92 Å². The Morgan fingerprint density at radius 2 is 1.04 bits per heavy atom. The average Bonchev–Trinajstić information content (AvgIpc) is 2.69. The summed E-state index contributed by atoms with van der Waals surface area (Å²) in [5.74, 6) is 0.283. The van der Waals surface area contributed by atoms with E-state index in [1.807, 2.05) is 24.3 Å². The Hall–Kier alpha value is -3.46. The van der Waals surface area contributed by atoms with Gasteiger partial charge in [0.1, 0.15) is 0 Å². The van der Waals surface area contributed by atoms with Crippen LogP contribution in [0.15, 0.2) is 84.9 Å². The molecule has 0 spiro atoms. The number of rotatable bonds is 3. The Morgan fingerprint density at radius 1 is 0.577 bits per heavy atom. The molecule has 0 saturated carbocycles. The predicted molar refractivity (Wildman–Crippen MR) is 107 cm³/mol. The first kappa shape index (κ1) is 16.0. The fourth-order valence-electron chi connectivity index (χ4n) is 2.95. The number of nitrogen functional groups attached to an aromatic ring is 1. The molecule has 1 aromatic heterocycles. The van der Waals surface area contributed by atoms with Gasteiger partial charge in [-0.15, -0.1) is 0 Å². The van der Waals surface area contributed by atoms with Gasteiger partial charge in [-0.05, 0) is 24.1 Å². The molecule has 0 fully saturated rings. The maximum Gasteiger partial charge on any atom is 0.221 e. The zero-order valence-corrected chi connectivity index (χ0v) is 14.6. The van der Waals surface area contributed by atoms with E-state index in [0.717, 1.165) is 22.5 Å². The molecule has 0 bridgehead atoms. The number of nitrogens with two attached hydrogens (primary N) is 1. The van der Waals surface area contributed by atoms with Crippen LogP contribution in [0.5, 0.6) is 0 Å². The molecule has 0 amide bonds. The molecule has 0 aliphatic rings. The molecule has 3 heteroatoms. The van der Waals surface area contributed by atoms with E-state index >= 15 is 0 Å². The average molecular weight is 337 g/mol. The van der Waals surface area contributed by atoms with Crippen molar-refractivity contribution < 1.29 is 0 Å². The molecular formula is C23H19N3. The van der Waals surface area contributed by atoms with Crippen LogP contribution in [-0.2, 0) is 0 Å². The fraction of sp³-hybridized carbons (Fsp3) is 0.0435. The quantitative estimate of drug-likeness (QED) is 0.547. The van der Waals surface area contributed by atoms with Gasteiger partial charge in [0.25, 0.3) is 0 Å². The number of hydrogen-bond donors (Lipinski definition) is 1. The second-order valence-corrected chi connectivity index (χ2v) is 6.31. The normalized spacial score (nSPS) is 10.7. The summed E-state index contributed by atoms with van der Waals surface area (Å²) in [5, 5.41) is 0. The van der Waals surface area contributed by atoms with Gasteiger partial charge in [0.2, 0.25) is 5.95 Å².